The monoisotopic (exact) mass is 289 g/mol. The van der Waals surface area contributed by atoms with Gasteiger partial charge in [0, 0.05) is 30.0 Å². The molecule has 4 N–H and O–H groups in total. The lowest BCUT2D eigenvalue weighted by Crippen LogP contribution is -2.19. The van der Waals surface area contributed by atoms with E-state index in [1.165, 1.54) is 0 Å². The van der Waals surface area contributed by atoms with Gasteiger partial charge in [0.25, 0.3) is 5.91 Å². The molecule has 0 aromatic heterocycles. The van der Waals surface area contributed by atoms with Crippen LogP contribution in [-0.4, -0.2) is 13.0 Å². The molecule has 20 heavy (non-hydrogen) atoms. The van der Waals surface area contributed by atoms with Crippen LogP contribution in [0.25, 0.3) is 0 Å². The van der Waals surface area contributed by atoms with Crippen molar-refractivity contribution in [2.75, 3.05) is 17.7 Å². The molecule has 2 aromatic rings. The first kappa shape index (κ1) is 14.2. The molecular weight excluding hydrogens is 274 g/mol. The third-order valence-corrected chi connectivity index (χ3v) is 3.29. The topological polar surface area (TPSA) is 72.3 Å². The molecule has 0 spiro atoms. The Hall–Kier alpha value is -2.20. The lowest BCUT2D eigenvalue weighted by atomic mass is 10.1. The van der Waals surface area contributed by atoms with Crippen LogP contribution in [0, 0.1) is 0 Å². The number of benzene rings is 2. The third-order valence-electron chi connectivity index (χ3n) is 3.05. The first-order valence-electron chi connectivity index (χ1n) is 6.12. The molecule has 0 radical (unpaired) electrons. The van der Waals surface area contributed by atoms with Crippen molar-refractivity contribution in [3.8, 4) is 0 Å². The zero-order valence-corrected chi connectivity index (χ0v) is 11.9. The largest absolute Gasteiger partial charge is 0.398 e. The molecule has 0 saturated carbocycles. The number of hydrogen-bond acceptors (Lipinski definition) is 3. The minimum absolute atomic E-state index is 0.334. The molecule has 0 fully saturated rings. The van der Waals surface area contributed by atoms with Crippen molar-refractivity contribution in [2.45, 2.75) is 6.54 Å². The van der Waals surface area contributed by atoms with E-state index in [9.17, 15) is 4.79 Å². The maximum atomic E-state index is 11.3. The van der Waals surface area contributed by atoms with Crippen LogP contribution in [0.1, 0.15) is 15.9 Å². The van der Waals surface area contributed by atoms with Gasteiger partial charge in [-0.1, -0.05) is 23.7 Å². The minimum atomic E-state index is -0.527. The van der Waals surface area contributed by atoms with Gasteiger partial charge < -0.3 is 16.4 Å². The van der Waals surface area contributed by atoms with Gasteiger partial charge in [-0.3, -0.25) is 4.79 Å². The van der Waals surface area contributed by atoms with Crippen LogP contribution in [0.15, 0.2) is 42.5 Å². The number of carbonyl (C=O) groups excluding carboxylic acids is 1. The highest BCUT2D eigenvalue weighted by molar-refractivity contribution is 6.30. The zero-order chi connectivity index (χ0) is 14.7. The number of carbonyl (C=O) groups is 1. The second-order valence-electron chi connectivity index (χ2n) is 4.62. The fourth-order valence-corrected chi connectivity index (χ4v) is 2.21. The number of hydrogen-bond donors (Lipinski definition) is 2. The molecule has 2 aromatic carbocycles. The first-order valence-corrected chi connectivity index (χ1v) is 6.50. The normalized spacial score (nSPS) is 10.3. The summed E-state index contributed by atoms with van der Waals surface area (Å²) in [6.45, 7) is 0.669. The van der Waals surface area contributed by atoms with Gasteiger partial charge in [0.15, 0.2) is 0 Å². The van der Waals surface area contributed by atoms with Gasteiger partial charge >= 0.3 is 0 Å². The van der Waals surface area contributed by atoms with Gasteiger partial charge in [-0.2, -0.15) is 0 Å². The van der Waals surface area contributed by atoms with Crippen molar-refractivity contribution in [3.05, 3.63) is 58.6 Å². The standard InChI is InChI=1S/C15H16ClN3O/c1-19(9-10-3-2-4-11(16)7-10)12-5-6-14(17)13(8-12)15(18)20/h2-8H,9,17H2,1H3,(H2,18,20). The number of nitrogens with zero attached hydrogens (tertiary/aromatic N) is 1. The quantitative estimate of drug-likeness (QED) is 0.850. The van der Waals surface area contributed by atoms with E-state index < -0.39 is 5.91 Å². The molecular formula is C15H16ClN3O. The summed E-state index contributed by atoms with van der Waals surface area (Å²) in [6, 6.07) is 12.9. The van der Waals surface area contributed by atoms with Crippen molar-refractivity contribution in [2.24, 2.45) is 5.73 Å². The molecule has 0 aliphatic rings. The predicted octanol–water partition coefficient (Wildman–Crippen LogP) is 2.66. The Labute approximate surface area is 122 Å². The van der Waals surface area contributed by atoms with E-state index in [1.54, 1.807) is 12.1 Å². The summed E-state index contributed by atoms with van der Waals surface area (Å²) in [7, 11) is 1.93. The molecule has 0 aliphatic carbocycles. The van der Waals surface area contributed by atoms with E-state index in [1.807, 2.05) is 42.3 Å². The average Bonchev–Trinajstić information content (AvgIpc) is 2.38. The molecule has 4 nitrogen and oxygen atoms in total. The van der Waals surface area contributed by atoms with Crippen LogP contribution in [-0.2, 0) is 6.54 Å². The molecule has 0 heterocycles. The van der Waals surface area contributed by atoms with Crippen LogP contribution >= 0.6 is 11.6 Å². The van der Waals surface area contributed by atoms with Crippen LogP contribution in [0.2, 0.25) is 5.02 Å². The molecule has 0 saturated heterocycles. The molecule has 2 rings (SSSR count). The lowest BCUT2D eigenvalue weighted by Gasteiger charge is -2.20. The molecule has 0 atom stereocenters. The van der Waals surface area contributed by atoms with E-state index in [-0.39, 0.29) is 0 Å². The Morgan fingerprint density at radius 2 is 2.00 bits per heavy atom. The third kappa shape index (κ3) is 3.22. The highest BCUT2D eigenvalue weighted by atomic mass is 35.5. The number of nitrogen functional groups attached to an aromatic ring is 1. The first-order chi connectivity index (χ1) is 9.47. The summed E-state index contributed by atoms with van der Waals surface area (Å²) in [5.41, 5.74) is 13.7. The van der Waals surface area contributed by atoms with E-state index in [0.717, 1.165) is 11.3 Å². The average molecular weight is 290 g/mol. The molecule has 0 bridgehead atoms. The molecule has 104 valence electrons. The van der Waals surface area contributed by atoms with Crippen molar-refractivity contribution in [1.82, 2.24) is 0 Å². The number of rotatable bonds is 4. The second kappa shape index (κ2) is 5.84. The van der Waals surface area contributed by atoms with Gasteiger partial charge in [0.2, 0.25) is 0 Å². The molecule has 0 aliphatic heterocycles. The van der Waals surface area contributed by atoms with Gasteiger partial charge in [0.1, 0.15) is 0 Å². The summed E-state index contributed by atoms with van der Waals surface area (Å²) >= 11 is 5.97. The number of primary amides is 1. The summed E-state index contributed by atoms with van der Waals surface area (Å²) in [6.07, 6.45) is 0. The fourth-order valence-electron chi connectivity index (χ4n) is 2.00. The summed E-state index contributed by atoms with van der Waals surface area (Å²) < 4.78 is 0. The van der Waals surface area contributed by atoms with E-state index in [4.69, 9.17) is 23.1 Å². The van der Waals surface area contributed by atoms with Crippen molar-refractivity contribution >= 4 is 28.9 Å². The summed E-state index contributed by atoms with van der Waals surface area (Å²) in [5.74, 6) is -0.527. The predicted molar refractivity (Wildman–Crippen MR) is 82.9 cm³/mol. The minimum Gasteiger partial charge on any atom is -0.398 e. The highest BCUT2D eigenvalue weighted by Gasteiger charge is 2.09. The fraction of sp³-hybridized carbons (Fsp3) is 0.133. The van der Waals surface area contributed by atoms with Gasteiger partial charge in [-0.15, -0.1) is 0 Å². The van der Waals surface area contributed by atoms with Crippen LogP contribution in [0.4, 0.5) is 11.4 Å². The number of amides is 1. The Bertz CT molecular complexity index is 643. The van der Waals surface area contributed by atoms with Crippen LogP contribution in [0.5, 0.6) is 0 Å². The van der Waals surface area contributed by atoms with Crippen molar-refractivity contribution in [1.29, 1.82) is 0 Å². The number of halogens is 1. The van der Waals surface area contributed by atoms with Crippen molar-refractivity contribution in [3.63, 3.8) is 0 Å². The number of anilines is 2. The smallest absolute Gasteiger partial charge is 0.250 e. The molecule has 0 unspecified atom stereocenters. The van der Waals surface area contributed by atoms with Crippen LogP contribution in [0.3, 0.4) is 0 Å². The summed E-state index contributed by atoms with van der Waals surface area (Å²) in [5, 5.41) is 0.700. The molecule has 5 heteroatoms. The van der Waals surface area contributed by atoms with E-state index in [2.05, 4.69) is 0 Å². The van der Waals surface area contributed by atoms with Crippen LogP contribution < -0.4 is 16.4 Å². The van der Waals surface area contributed by atoms with E-state index in [0.29, 0.717) is 22.8 Å². The zero-order valence-electron chi connectivity index (χ0n) is 11.1. The van der Waals surface area contributed by atoms with Gasteiger partial charge in [-0.25, -0.2) is 0 Å². The Balaban J connectivity index is 2.23. The maximum absolute atomic E-state index is 11.3. The van der Waals surface area contributed by atoms with Crippen molar-refractivity contribution < 1.29 is 4.79 Å². The summed E-state index contributed by atoms with van der Waals surface area (Å²) in [4.78, 5) is 13.3. The Kier molecular flexibility index (Phi) is 4.15. The highest BCUT2D eigenvalue weighted by Crippen LogP contribution is 2.22. The number of nitrogens with two attached hydrogens (primary N) is 2. The maximum Gasteiger partial charge on any atom is 0.250 e. The lowest BCUT2D eigenvalue weighted by molar-refractivity contribution is 0.100. The SMILES string of the molecule is CN(Cc1cccc(Cl)c1)c1ccc(N)c(C(N)=O)c1. The van der Waals surface area contributed by atoms with E-state index >= 15 is 0 Å². The second-order valence-corrected chi connectivity index (χ2v) is 5.06. The Morgan fingerprint density at radius 1 is 1.25 bits per heavy atom. The van der Waals surface area contributed by atoms with Gasteiger partial charge in [-0.05, 0) is 35.9 Å². The Morgan fingerprint density at radius 3 is 2.65 bits per heavy atom. The molecule has 1 amide bonds. The van der Waals surface area contributed by atoms with Gasteiger partial charge in [0.05, 0.1) is 5.56 Å².